The molecule has 2 rings (SSSR count). The van der Waals surface area contributed by atoms with Crippen molar-refractivity contribution in [2.45, 2.75) is 32.6 Å². The Kier molecular flexibility index (Phi) is 3.93. The molecule has 1 fully saturated rings. The van der Waals surface area contributed by atoms with E-state index in [1.165, 1.54) is 12.1 Å². The van der Waals surface area contributed by atoms with E-state index < -0.39 is 22.2 Å². The molecule has 1 amide bonds. The number of amides is 1. The van der Waals surface area contributed by atoms with E-state index in [0.717, 1.165) is 6.42 Å². The van der Waals surface area contributed by atoms with Crippen molar-refractivity contribution in [3.63, 3.8) is 0 Å². The molecule has 0 heterocycles. The molecule has 1 aromatic rings. The lowest BCUT2D eigenvalue weighted by molar-refractivity contribution is -0.385. The van der Waals surface area contributed by atoms with Crippen LogP contribution in [0.2, 0.25) is 0 Å². The van der Waals surface area contributed by atoms with Gasteiger partial charge < -0.3 is 10.4 Å². The fourth-order valence-corrected chi connectivity index (χ4v) is 2.53. The highest BCUT2D eigenvalue weighted by molar-refractivity contribution is 5.95. The molecule has 0 unspecified atom stereocenters. The number of nitrogens with zero attached hydrogens (tertiary/aromatic N) is 1. The van der Waals surface area contributed by atoms with E-state index in [0.29, 0.717) is 24.1 Å². The Morgan fingerprint density at radius 3 is 2.57 bits per heavy atom. The van der Waals surface area contributed by atoms with Crippen LogP contribution in [0.15, 0.2) is 18.2 Å². The number of nitrogens with one attached hydrogen (secondary N) is 1. The molecular weight excluding hydrogens is 276 g/mol. The minimum Gasteiger partial charge on any atom is -0.481 e. The van der Waals surface area contributed by atoms with Gasteiger partial charge in [0, 0.05) is 12.5 Å². The zero-order valence-electron chi connectivity index (χ0n) is 11.6. The normalized spacial score (nSPS) is 15.9. The van der Waals surface area contributed by atoms with Gasteiger partial charge in [-0.15, -0.1) is 0 Å². The van der Waals surface area contributed by atoms with Gasteiger partial charge in [0.05, 0.1) is 21.6 Å². The van der Waals surface area contributed by atoms with Crippen LogP contribution in [0, 0.1) is 22.5 Å². The van der Waals surface area contributed by atoms with E-state index in [1.807, 2.05) is 0 Å². The van der Waals surface area contributed by atoms with Gasteiger partial charge in [0.15, 0.2) is 0 Å². The molecule has 21 heavy (non-hydrogen) atoms. The second kappa shape index (κ2) is 5.51. The van der Waals surface area contributed by atoms with Crippen molar-refractivity contribution >= 4 is 23.3 Å². The van der Waals surface area contributed by atoms with Crippen molar-refractivity contribution in [1.29, 1.82) is 0 Å². The molecule has 1 saturated carbocycles. The number of carbonyl (C=O) groups excluding carboxylic acids is 1. The summed E-state index contributed by atoms with van der Waals surface area (Å²) in [5, 5.41) is 22.6. The van der Waals surface area contributed by atoms with E-state index in [4.69, 9.17) is 0 Å². The Labute approximate surface area is 121 Å². The maximum atomic E-state index is 12.0. The SMILES string of the molecule is Cc1c(NC(=O)CC2(C(=O)O)CCC2)cccc1[N+](=O)[O-]. The first-order valence-electron chi connectivity index (χ1n) is 6.63. The minimum atomic E-state index is -0.974. The number of aliphatic carboxylic acids is 1. The van der Waals surface area contributed by atoms with Crippen molar-refractivity contribution in [2.24, 2.45) is 5.41 Å². The van der Waals surface area contributed by atoms with Crippen LogP contribution < -0.4 is 5.32 Å². The second-order valence-electron chi connectivity index (χ2n) is 5.37. The van der Waals surface area contributed by atoms with Crippen LogP contribution in [0.3, 0.4) is 0 Å². The monoisotopic (exact) mass is 292 g/mol. The Balaban J connectivity index is 2.12. The highest BCUT2D eigenvalue weighted by Gasteiger charge is 2.45. The summed E-state index contributed by atoms with van der Waals surface area (Å²) in [5.41, 5.74) is -0.356. The first-order chi connectivity index (χ1) is 9.85. The number of nitro groups is 1. The predicted octanol–water partition coefficient (Wildman–Crippen LogP) is 2.49. The maximum Gasteiger partial charge on any atom is 0.310 e. The van der Waals surface area contributed by atoms with Gasteiger partial charge in [-0.3, -0.25) is 19.7 Å². The smallest absolute Gasteiger partial charge is 0.310 e. The summed E-state index contributed by atoms with van der Waals surface area (Å²) in [4.78, 5) is 33.6. The zero-order valence-corrected chi connectivity index (χ0v) is 11.6. The fraction of sp³-hybridized carbons (Fsp3) is 0.429. The Bertz CT molecular complexity index is 607. The number of benzene rings is 1. The third-order valence-corrected chi connectivity index (χ3v) is 4.04. The van der Waals surface area contributed by atoms with Crippen LogP contribution in [0.1, 0.15) is 31.2 Å². The van der Waals surface area contributed by atoms with Gasteiger partial charge >= 0.3 is 5.97 Å². The molecular formula is C14H16N2O5. The first-order valence-corrected chi connectivity index (χ1v) is 6.63. The minimum absolute atomic E-state index is 0.0793. The van der Waals surface area contributed by atoms with Gasteiger partial charge in [0.1, 0.15) is 0 Å². The molecule has 0 aliphatic heterocycles. The molecule has 112 valence electrons. The highest BCUT2D eigenvalue weighted by Crippen LogP contribution is 2.44. The summed E-state index contributed by atoms with van der Waals surface area (Å²) < 4.78 is 0. The van der Waals surface area contributed by atoms with Crippen LogP contribution in [0.4, 0.5) is 11.4 Å². The molecule has 2 N–H and O–H groups in total. The lowest BCUT2D eigenvalue weighted by Gasteiger charge is -2.36. The molecule has 1 aliphatic rings. The number of carboxylic acid groups (broad SMARTS) is 1. The molecule has 0 radical (unpaired) electrons. The molecule has 0 saturated heterocycles. The summed E-state index contributed by atoms with van der Waals surface area (Å²) in [6, 6.07) is 4.40. The van der Waals surface area contributed by atoms with Gasteiger partial charge in [0.2, 0.25) is 5.91 Å². The summed E-state index contributed by atoms with van der Waals surface area (Å²) in [7, 11) is 0. The number of anilines is 1. The van der Waals surface area contributed by atoms with Crippen LogP contribution >= 0.6 is 0 Å². The summed E-state index contributed by atoms with van der Waals surface area (Å²) in [5.74, 6) is -1.39. The average molecular weight is 292 g/mol. The van der Waals surface area contributed by atoms with Crippen molar-refractivity contribution in [3.05, 3.63) is 33.9 Å². The third kappa shape index (κ3) is 2.86. The van der Waals surface area contributed by atoms with Gasteiger partial charge in [0.25, 0.3) is 5.69 Å². The maximum absolute atomic E-state index is 12.0. The van der Waals surface area contributed by atoms with Gasteiger partial charge in [-0.05, 0) is 25.8 Å². The molecule has 0 aromatic heterocycles. The lowest BCUT2D eigenvalue weighted by atomic mass is 9.66. The largest absolute Gasteiger partial charge is 0.481 e. The number of hydrogen-bond donors (Lipinski definition) is 2. The van der Waals surface area contributed by atoms with Gasteiger partial charge in [-0.1, -0.05) is 12.5 Å². The van der Waals surface area contributed by atoms with E-state index in [-0.39, 0.29) is 12.1 Å². The van der Waals surface area contributed by atoms with Crippen LogP contribution in [-0.2, 0) is 9.59 Å². The molecule has 0 atom stereocenters. The van der Waals surface area contributed by atoms with Gasteiger partial charge in [-0.2, -0.15) is 0 Å². The van der Waals surface area contributed by atoms with Crippen molar-refractivity contribution in [3.8, 4) is 0 Å². The van der Waals surface area contributed by atoms with E-state index in [1.54, 1.807) is 13.0 Å². The molecule has 0 spiro atoms. The van der Waals surface area contributed by atoms with Crippen molar-refractivity contribution in [2.75, 3.05) is 5.32 Å². The summed E-state index contributed by atoms with van der Waals surface area (Å²) in [6.45, 7) is 1.55. The van der Waals surface area contributed by atoms with E-state index in [9.17, 15) is 24.8 Å². The Hall–Kier alpha value is -2.44. The fourth-order valence-electron chi connectivity index (χ4n) is 2.53. The third-order valence-electron chi connectivity index (χ3n) is 4.04. The van der Waals surface area contributed by atoms with Crippen LogP contribution in [-0.4, -0.2) is 21.9 Å². The van der Waals surface area contributed by atoms with Crippen molar-refractivity contribution in [1.82, 2.24) is 0 Å². The molecule has 1 aliphatic carbocycles. The van der Waals surface area contributed by atoms with Crippen molar-refractivity contribution < 1.29 is 19.6 Å². The Morgan fingerprint density at radius 2 is 2.10 bits per heavy atom. The number of carboxylic acids is 1. The van der Waals surface area contributed by atoms with Crippen LogP contribution in [0.5, 0.6) is 0 Å². The topological polar surface area (TPSA) is 110 Å². The van der Waals surface area contributed by atoms with E-state index in [2.05, 4.69) is 5.32 Å². The summed E-state index contributed by atoms with van der Waals surface area (Å²) in [6.07, 6.45) is 1.67. The van der Waals surface area contributed by atoms with Gasteiger partial charge in [-0.25, -0.2) is 0 Å². The molecule has 7 nitrogen and oxygen atoms in total. The number of rotatable bonds is 5. The first kappa shape index (κ1) is 15.0. The zero-order chi connectivity index (χ0) is 15.6. The molecule has 7 heteroatoms. The highest BCUT2D eigenvalue weighted by atomic mass is 16.6. The summed E-state index contributed by atoms with van der Waals surface area (Å²) >= 11 is 0. The lowest BCUT2D eigenvalue weighted by Crippen LogP contribution is -2.41. The van der Waals surface area contributed by atoms with Crippen LogP contribution in [0.25, 0.3) is 0 Å². The van der Waals surface area contributed by atoms with E-state index >= 15 is 0 Å². The Morgan fingerprint density at radius 1 is 1.43 bits per heavy atom. The number of nitro benzene ring substituents is 1. The quantitative estimate of drug-likeness (QED) is 0.640. The standard InChI is InChI=1S/C14H16N2O5/c1-9-10(4-2-5-11(9)16(20)21)15-12(17)8-14(13(18)19)6-3-7-14/h2,4-5H,3,6-8H2,1H3,(H,15,17)(H,18,19). The number of carbonyl (C=O) groups is 2. The molecule has 0 bridgehead atoms. The number of hydrogen-bond acceptors (Lipinski definition) is 4. The molecule has 1 aromatic carbocycles. The predicted molar refractivity (Wildman–Crippen MR) is 75.0 cm³/mol. The second-order valence-corrected chi connectivity index (χ2v) is 5.37. The average Bonchev–Trinajstić information content (AvgIpc) is 2.35.